The van der Waals surface area contributed by atoms with Gasteiger partial charge in [0.05, 0.1) is 0 Å². The predicted octanol–water partition coefficient (Wildman–Crippen LogP) is 1.90. The van der Waals surface area contributed by atoms with E-state index in [4.69, 9.17) is 5.26 Å². The number of hydrogen-bond acceptors (Lipinski definition) is 3. The fraction of sp³-hybridized carbons (Fsp3) is 0.714. The van der Waals surface area contributed by atoms with Gasteiger partial charge in [0, 0.05) is 25.8 Å². The number of hydrogen-bond donors (Lipinski definition) is 1. The topological polar surface area (TPSA) is 56.1 Å². The molecule has 1 fully saturated rings. The molecule has 0 saturated carbocycles. The van der Waals surface area contributed by atoms with E-state index in [2.05, 4.69) is 24.1 Å². The first-order valence-electron chi connectivity index (χ1n) is 6.71. The molecule has 0 radical (unpaired) electrons. The normalized spacial score (nSPS) is 24.6. The highest BCUT2D eigenvalue weighted by Crippen LogP contribution is 2.21. The fourth-order valence-corrected chi connectivity index (χ4v) is 2.47. The Bertz CT molecular complexity index is 347. The highest BCUT2D eigenvalue weighted by atomic mass is 16.1. The van der Waals surface area contributed by atoms with Crippen molar-refractivity contribution in [2.75, 3.05) is 19.6 Å². The van der Waals surface area contributed by atoms with Crippen LogP contribution < -0.4 is 5.32 Å². The Hall–Kier alpha value is -1.50. The average Bonchev–Trinajstić information content (AvgIpc) is 2.31. The van der Waals surface area contributed by atoms with Gasteiger partial charge in [0.1, 0.15) is 11.6 Å². The Kier molecular flexibility index (Phi) is 5.70. The molecule has 1 saturated heterocycles. The third kappa shape index (κ3) is 4.40. The summed E-state index contributed by atoms with van der Waals surface area (Å²) in [4.78, 5) is 13.8. The van der Waals surface area contributed by atoms with Gasteiger partial charge in [-0.1, -0.05) is 20.8 Å². The third-order valence-electron chi connectivity index (χ3n) is 3.11. The Morgan fingerprint density at radius 2 is 2.06 bits per heavy atom. The van der Waals surface area contributed by atoms with Crippen molar-refractivity contribution in [1.29, 1.82) is 5.26 Å². The highest BCUT2D eigenvalue weighted by molar-refractivity contribution is 5.97. The summed E-state index contributed by atoms with van der Waals surface area (Å²) in [6.45, 7) is 8.88. The number of nitriles is 1. The molecule has 1 rings (SSSR count). The summed E-state index contributed by atoms with van der Waals surface area (Å²) in [6, 6.07) is 2.00. The lowest BCUT2D eigenvalue weighted by Gasteiger charge is -2.34. The van der Waals surface area contributed by atoms with Crippen molar-refractivity contribution in [1.82, 2.24) is 10.2 Å². The van der Waals surface area contributed by atoms with Gasteiger partial charge in [0.2, 0.25) is 0 Å². The van der Waals surface area contributed by atoms with E-state index >= 15 is 0 Å². The summed E-state index contributed by atoms with van der Waals surface area (Å²) in [5, 5.41) is 11.8. The van der Waals surface area contributed by atoms with Crippen LogP contribution in [0.5, 0.6) is 0 Å². The maximum Gasteiger partial charge on any atom is 0.263 e. The standard InChI is InChI=1S/C14H23N3O/c1-4-5-16-14(18)13(7-15)10-17-8-11(2)6-12(3)9-17/h10-12H,4-6,8-9H2,1-3H3,(H,16,18)/b13-10-. The molecule has 4 nitrogen and oxygen atoms in total. The van der Waals surface area contributed by atoms with E-state index in [-0.39, 0.29) is 11.5 Å². The van der Waals surface area contributed by atoms with E-state index in [0.29, 0.717) is 18.4 Å². The lowest BCUT2D eigenvalue weighted by molar-refractivity contribution is -0.117. The van der Waals surface area contributed by atoms with Gasteiger partial charge in [-0.25, -0.2) is 0 Å². The molecular formula is C14H23N3O. The first kappa shape index (κ1) is 14.6. The zero-order chi connectivity index (χ0) is 13.5. The summed E-state index contributed by atoms with van der Waals surface area (Å²) >= 11 is 0. The van der Waals surface area contributed by atoms with E-state index in [1.165, 1.54) is 6.42 Å². The van der Waals surface area contributed by atoms with Gasteiger partial charge in [-0.3, -0.25) is 4.79 Å². The second-order valence-electron chi connectivity index (χ2n) is 5.31. The zero-order valence-electron chi connectivity index (χ0n) is 11.6. The van der Waals surface area contributed by atoms with Crippen molar-refractivity contribution in [3.05, 3.63) is 11.8 Å². The van der Waals surface area contributed by atoms with E-state index in [0.717, 1.165) is 19.5 Å². The largest absolute Gasteiger partial charge is 0.376 e. The molecule has 0 bridgehead atoms. The Labute approximate surface area is 110 Å². The minimum atomic E-state index is -0.259. The minimum Gasteiger partial charge on any atom is -0.376 e. The van der Waals surface area contributed by atoms with E-state index < -0.39 is 0 Å². The van der Waals surface area contributed by atoms with Crippen LogP contribution in [0.4, 0.5) is 0 Å². The minimum absolute atomic E-state index is 0.213. The number of carbonyl (C=O) groups excluding carboxylic acids is 1. The van der Waals surface area contributed by atoms with E-state index in [9.17, 15) is 4.79 Å². The summed E-state index contributed by atoms with van der Waals surface area (Å²) in [5.41, 5.74) is 0.213. The average molecular weight is 249 g/mol. The summed E-state index contributed by atoms with van der Waals surface area (Å²) in [5.74, 6) is 0.970. The molecule has 2 atom stereocenters. The molecule has 0 aromatic rings. The summed E-state index contributed by atoms with van der Waals surface area (Å²) < 4.78 is 0. The Balaban J connectivity index is 2.66. The van der Waals surface area contributed by atoms with Crippen molar-refractivity contribution in [2.45, 2.75) is 33.6 Å². The second-order valence-corrected chi connectivity index (χ2v) is 5.31. The fourth-order valence-electron chi connectivity index (χ4n) is 2.47. The van der Waals surface area contributed by atoms with E-state index in [1.54, 1.807) is 6.20 Å². The van der Waals surface area contributed by atoms with Crippen LogP contribution in [0.25, 0.3) is 0 Å². The van der Waals surface area contributed by atoms with Crippen LogP contribution in [0, 0.1) is 23.2 Å². The molecule has 0 aromatic heterocycles. The van der Waals surface area contributed by atoms with Gasteiger partial charge in [-0.05, 0) is 24.7 Å². The molecule has 2 unspecified atom stereocenters. The van der Waals surface area contributed by atoms with Gasteiger partial charge in [-0.2, -0.15) is 5.26 Å². The molecular weight excluding hydrogens is 226 g/mol. The lowest BCUT2D eigenvalue weighted by atomic mass is 9.92. The van der Waals surface area contributed by atoms with Gasteiger partial charge in [-0.15, -0.1) is 0 Å². The summed E-state index contributed by atoms with van der Waals surface area (Å²) in [7, 11) is 0. The molecule has 0 aliphatic carbocycles. The van der Waals surface area contributed by atoms with Crippen LogP contribution >= 0.6 is 0 Å². The number of rotatable bonds is 4. The molecule has 1 aliphatic rings. The van der Waals surface area contributed by atoms with Crippen molar-refractivity contribution in [2.24, 2.45) is 11.8 Å². The number of nitrogens with zero attached hydrogens (tertiary/aromatic N) is 2. The highest BCUT2D eigenvalue weighted by Gasteiger charge is 2.21. The molecule has 100 valence electrons. The van der Waals surface area contributed by atoms with Gasteiger partial charge < -0.3 is 10.2 Å². The molecule has 1 aliphatic heterocycles. The van der Waals surface area contributed by atoms with Crippen molar-refractivity contribution < 1.29 is 4.79 Å². The Morgan fingerprint density at radius 1 is 1.44 bits per heavy atom. The van der Waals surface area contributed by atoms with Crippen LogP contribution in [0.1, 0.15) is 33.6 Å². The number of nitrogens with one attached hydrogen (secondary N) is 1. The van der Waals surface area contributed by atoms with Gasteiger partial charge in [0.25, 0.3) is 5.91 Å². The quantitative estimate of drug-likeness (QED) is 0.611. The molecule has 1 heterocycles. The zero-order valence-corrected chi connectivity index (χ0v) is 11.6. The number of carbonyl (C=O) groups is 1. The SMILES string of the molecule is CCCNC(=O)/C(C#N)=C\N1CC(C)CC(C)C1. The van der Waals surface area contributed by atoms with Gasteiger partial charge in [0.15, 0.2) is 0 Å². The monoisotopic (exact) mass is 249 g/mol. The smallest absolute Gasteiger partial charge is 0.263 e. The maximum atomic E-state index is 11.7. The molecule has 4 heteroatoms. The second kappa shape index (κ2) is 7.05. The first-order chi connectivity index (χ1) is 8.56. The predicted molar refractivity (Wildman–Crippen MR) is 71.5 cm³/mol. The van der Waals surface area contributed by atoms with Crippen LogP contribution in [-0.4, -0.2) is 30.4 Å². The lowest BCUT2D eigenvalue weighted by Crippen LogP contribution is -2.36. The van der Waals surface area contributed by atoms with E-state index in [1.807, 2.05) is 13.0 Å². The first-order valence-corrected chi connectivity index (χ1v) is 6.71. The molecule has 0 aromatic carbocycles. The molecule has 18 heavy (non-hydrogen) atoms. The van der Waals surface area contributed by atoms with Crippen molar-refractivity contribution >= 4 is 5.91 Å². The van der Waals surface area contributed by atoms with Gasteiger partial charge >= 0.3 is 0 Å². The molecule has 0 spiro atoms. The van der Waals surface area contributed by atoms with Crippen molar-refractivity contribution in [3.63, 3.8) is 0 Å². The molecule has 1 amide bonds. The maximum absolute atomic E-state index is 11.7. The van der Waals surface area contributed by atoms with Crippen molar-refractivity contribution in [3.8, 4) is 6.07 Å². The van der Waals surface area contributed by atoms with Crippen LogP contribution in [0.15, 0.2) is 11.8 Å². The third-order valence-corrected chi connectivity index (χ3v) is 3.11. The number of piperidine rings is 1. The molecule has 1 N–H and O–H groups in total. The number of likely N-dealkylation sites (tertiary alicyclic amines) is 1. The Morgan fingerprint density at radius 3 is 2.56 bits per heavy atom. The summed E-state index contributed by atoms with van der Waals surface area (Å²) in [6.07, 6.45) is 3.81. The van der Waals surface area contributed by atoms with Crippen LogP contribution in [0.3, 0.4) is 0 Å². The number of amides is 1. The van der Waals surface area contributed by atoms with Crippen LogP contribution in [-0.2, 0) is 4.79 Å². The van der Waals surface area contributed by atoms with Crippen LogP contribution in [0.2, 0.25) is 0 Å².